The first kappa shape index (κ1) is 26.8. The van der Waals surface area contributed by atoms with E-state index in [2.05, 4.69) is 5.32 Å². The van der Waals surface area contributed by atoms with Crippen molar-refractivity contribution in [2.45, 2.75) is 63.8 Å². The van der Waals surface area contributed by atoms with Gasteiger partial charge in [0.1, 0.15) is 12.1 Å². The molecule has 5 rings (SSSR count). The van der Waals surface area contributed by atoms with Gasteiger partial charge in [0.25, 0.3) is 0 Å². The van der Waals surface area contributed by atoms with Gasteiger partial charge < -0.3 is 9.84 Å². The van der Waals surface area contributed by atoms with Gasteiger partial charge in [0.05, 0.1) is 24.2 Å². The van der Waals surface area contributed by atoms with Crippen LogP contribution in [0.25, 0.3) is 11.0 Å². The molecule has 0 spiro atoms. The molecule has 39 heavy (non-hydrogen) atoms. The number of rotatable bonds is 9. The van der Waals surface area contributed by atoms with Crippen LogP contribution in [0.4, 0.5) is 0 Å². The van der Waals surface area contributed by atoms with E-state index in [-0.39, 0.29) is 30.5 Å². The first-order valence-corrected chi connectivity index (χ1v) is 13.5. The number of nitrogens with one attached hydrogen (secondary N) is 1. The van der Waals surface area contributed by atoms with Crippen molar-refractivity contribution in [1.29, 1.82) is 0 Å². The molecule has 2 aliphatic heterocycles. The van der Waals surface area contributed by atoms with Crippen molar-refractivity contribution in [3.8, 4) is 0 Å². The minimum absolute atomic E-state index is 0.123. The monoisotopic (exact) mass is 534 g/mol. The van der Waals surface area contributed by atoms with E-state index in [1.165, 1.54) is 4.57 Å². The van der Waals surface area contributed by atoms with Crippen molar-refractivity contribution in [3.05, 3.63) is 70.1 Å². The Labute approximate surface area is 226 Å². The number of aromatic nitrogens is 2. The molecule has 206 valence electrons. The smallest absolute Gasteiger partial charge is 0.329 e. The van der Waals surface area contributed by atoms with Gasteiger partial charge >= 0.3 is 11.7 Å². The Hall–Kier alpha value is -3.76. The fourth-order valence-electron chi connectivity index (χ4n) is 5.83. The predicted molar refractivity (Wildman–Crippen MR) is 144 cm³/mol. The Morgan fingerprint density at radius 3 is 2.46 bits per heavy atom. The Bertz CT molecular complexity index is 1420. The van der Waals surface area contributed by atoms with Crippen molar-refractivity contribution in [2.75, 3.05) is 19.7 Å². The number of imide groups is 1. The van der Waals surface area contributed by atoms with Crippen molar-refractivity contribution < 1.29 is 24.2 Å². The van der Waals surface area contributed by atoms with Crippen LogP contribution in [-0.2, 0) is 32.3 Å². The number of aliphatic carboxylic acids is 1. The maximum Gasteiger partial charge on any atom is 0.329 e. The largest absolute Gasteiger partial charge is 0.480 e. The third-order valence-corrected chi connectivity index (χ3v) is 7.94. The summed E-state index contributed by atoms with van der Waals surface area (Å²) in [6, 6.07) is 14.2. The van der Waals surface area contributed by atoms with Crippen LogP contribution in [-0.4, -0.2) is 62.7 Å². The predicted octanol–water partition coefficient (Wildman–Crippen LogP) is 2.65. The number of carboxylic acid groups (broad SMARTS) is 1. The van der Waals surface area contributed by atoms with Crippen molar-refractivity contribution in [1.82, 2.24) is 19.4 Å². The summed E-state index contributed by atoms with van der Waals surface area (Å²) in [6.45, 7) is 4.11. The number of aryl methyl sites for hydroxylation is 1. The second-order valence-electron chi connectivity index (χ2n) is 10.3. The first-order chi connectivity index (χ1) is 18.9. The van der Waals surface area contributed by atoms with Crippen LogP contribution in [0.3, 0.4) is 0 Å². The number of amides is 2. The van der Waals surface area contributed by atoms with Gasteiger partial charge in [0, 0.05) is 13.0 Å². The number of imidazole rings is 1. The normalized spacial score (nSPS) is 19.8. The summed E-state index contributed by atoms with van der Waals surface area (Å²) >= 11 is 0. The second kappa shape index (κ2) is 11.5. The topological polar surface area (TPSA) is 123 Å². The van der Waals surface area contributed by atoms with Gasteiger partial charge in [0.2, 0.25) is 11.8 Å². The fraction of sp³-hybridized carbons (Fsp3) is 0.448. The molecule has 0 bridgehead atoms. The van der Waals surface area contributed by atoms with Gasteiger partial charge in [-0.3, -0.25) is 33.7 Å². The minimum atomic E-state index is -0.885. The molecule has 0 saturated carbocycles. The van der Waals surface area contributed by atoms with Crippen LogP contribution in [0.15, 0.2) is 53.3 Å². The summed E-state index contributed by atoms with van der Waals surface area (Å²) in [4.78, 5) is 51.4. The maximum atomic E-state index is 13.3. The quantitative estimate of drug-likeness (QED) is 0.405. The summed E-state index contributed by atoms with van der Waals surface area (Å²) in [7, 11) is 0. The number of nitrogens with zero attached hydrogens (tertiary/aromatic N) is 3. The zero-order valence-electron chi connectivity index (χ0n) is 22.0. The SMILES string of the molecule is CCn1c(=O)n(C2CCC(=O)NC2=O)c2ccc(C3CCN([C@@H](COCc4ccccc4)C(=O)O)CC3)cc21. The summed E-state index contributed by atoms with van der Waals surface area (Å²) in [5.74, 6) is -1.42. The van der Waals surface area contributed by atoms with Gasteiger partial charge in [-0.25, -0.2) is 4.79 Å². The number of fused-ring (bicyclic) bond motifs is 1. The highest BCUT2D eigenvalue weighted by Gasteiger charge is 2.33. The molecule has 2 fully saturated rings. The number of carbonyl (C=O) groups is 3. The molecule has 10 heteroatoms. The standard InChI is InChI=1S/C29H34N4O6/c1-2-32-24-16-21(8-9-22(24)33(29(32)38)23-10-11-26(34)30-27(23)35)20-12-14-31(15-13-20)25(28(36)37)18-39-17-19-6-4-3-5-7-19/h3-9,16,20,23,25H,2,10-15,17-18H2,1H3,(H,36,37)(H,30,34,35)/t23?,25-/m0/s1. The molecule has 2 amide bonds. The fourth-order valence-corrected chi connectivity index (χ4v) is 5.83. The van der Waals surface area contributed by atoms with Crippen molar-refractivity contribution in [3.63, 3.8) is 0 Å². The van der Waals surface area contributed by atoms with Crippen LogP contribution < -0.4 is 11.0 Å². The molecule has 10 nitrogen and oxygen atoms in total. The van der Waals surface area contributed by atoms with E-state index in [4.69, 9.17) is 4.74 Å². The van der Waals surface area contributed by atoms with Crippen molar-refractivity contribution >= 4 is 28.8 Å². The van der Waals surface area contributed by atoms with Gasteiger partial charge in [-0.1, -0.05) is 36.4 Å². The Balaban J connectivity index is 1.29. The number of ether oxygens (including phenoxy) is 1. The molecule has 2 aromatic carbocycles. The van der Waals surface area contributed by atoms with Crippen LogP contribution >= 0.6 is 0 Å². The highest BCUT2D eigenvalue weighted by molar-refractivity contribution is 6.00. The number of likely N-dealkylation sites (tertiary alicyclic amines) is 1. The molecular weight excluding hydrogens is 500 g/mol. The van der Waals surface area contributed by atoms with E-state index in [1.54, 1.807) is 4.57 Å². The van der Waals surface area contributed by atoms with Crippen LogP contribution in [0.1, 0.15) is 55.7 Å². The molecule has 3 aromatic rings. The van der Waals surface area contributed by atoms with Gasteiger partial charge in [-0.15, -0.1) is 0 Å². The molecule has 1 aromatic heterocycles. The number of piperidine rings is 2. The van der Waals surface area contributed by atoms with E-state index in [1.807, 2.05) is 60.4 Å². The number of hydrogen-bond donors (Lipinski definition) is 2. The summed E-state index contributed by atoms with van der Waals surface area (Å²) in [5.41, 5.74) is 3.29. The average Bonchev–Trinajstić information content (AvgIpc) is 3.21. The molecule has 2 atom stereocenters. The molecule has 2 aliphatic rings. The zero-order valence-corrected chi connectivity index (χ0v) is 22.0. The van der Waals surface area contributed by atoms with E-state index >= 15 is 0 Å². The lowest BCUT2D eigenvalue weighted by Crippen LogP contribution is -2.47. The molecule has 2 N–H and O–H groups in total. The molecule has 3 heterocycles. The first-order valence-electron chi connectivity index (χ1n) is 13.5. The summed E-state index contributed by atoms with van der Waals surface area (Å²) < 4.78 is 8.94. The minimum Gasteiger partial charge on any atom is -0.480 e. The van der Waals surface area contributed by atoms with E-state index < -0.39 is 24.0 Å². The number of hydrogen-bond acceptors (Lipinski definition) is 6. The molecular formula is C29H34N4O6. The van der Waals surface area contributed by atoms with Crippen LogP contribution in [0, 0.1) is 0 Å². The van der Waals surface area contributed by atoms with Gasteiger partial charge in [-0.2, -0.15) is 0 Å². The summed E-state index contributed by atoms with van der Waals surface area (Å²) in [6.07, 6.45) is 2.08. The van der Waals surface area contributed by atoms with Crippen LogP contribution in [0.5, 0.6) is 0 Å². The Kier molecular flexibility index (Phi) is 7.94. The number of benzene rings is 2. The van der Waals surface area contributed by atoms with Gasteiger partial charge in [0.15, 0.2) is 0 Å². The van der Waals surface area contributed by atoms with E-state index in [0.717, 1.165) is 29.5 Å². The number of carbonyl (C=O) groups excluding carboxylic acids is 2. The number of carboxylic acids is 1. The third-order valence-electron chi connectivity index (χ3n) is 7.94. The Morgan fingerprint density at radius 1 is 1.05 bits per heavy atom. The Morgan fingerprint density at radius 2 is 1.79 bits per heavy atom. The maximum absolute atomic E-state index is 13.3. The van der Waals surface area contributed by atoms with Crippen LogP contribution in [0.2, 0.25) is 0 Å². The lowest BCUT2D eigenvalue weighted by atomic mass is 9.88. The second-order valence-corrected chi connectivity index (χ2v) is 10.3. The zero-order chi connectivity index (χ0) is 27.5. The highest BCUT2D eigenvalue weighted by atomic mass is 16.5. The molecule has 2 saturated heterocycles. The lowest BCUT2D eigenvalue weighted by molar-refractivity contribution is -0.146. The molecule has 1 unspecified atom stereocenters. The van der Waals surface area contributed by atoms with Crippen molar-refractivity contribution in [2.24, 2.45) is 0 Å². The third kappa shape index (κ3) is 5.53. The molecule has 0 aliphatic carbocycles. The van der Waals surface area contributed by atoms with E-state index in [0.29, 0.717) is 38.2 Å². The highest BCUT2D eigenvalue weighted by Crippen LogP contribution is 2.32. The van der Waals surface area contributed by atoms with E-state index in [9.17, 15) is 24.3 Å². The summed E-state index contributed by atoms with van der Waals surface area (Å²) in [5, 5.41) is 12.2. The lowest BCUT2D eigenvalue weighted by Gasteiger charge is -2.35. The average molecular weight is 535 g/mol. The molecule has 0 radical (unpaired) electrons. The van der Waals surface area contributed by atoms with Gasteiger partial charge in [-0.05, 0) is 68.5 Å².